The topological polar surface area (TPSA) is 172 Å². The van der Waals surface area contributed by atoms with Crippen molar-refractivity contribution in [3.63, 3.8) is 0 Å². The van der Waals surface area contributed by atoms with Gasteiger partial charge in [-0.2, -0.15) is 4.39 Å². The number of nitrogens with two attached hydrogens (primary N) is 2. The van der Waals surface area contributed by atoms with E-state index in [2.05, 4.69) is 30.8 Å². The highest BCUT2D eigenvalue weighted by Crippen LogP contribution is 2.25. The quantitative estimate of drug-likeness (QED) is 0.0159. The maximum atomic E-state index is 13.7. The first-order valence-corrected chi connectivity index (χ1v) is 18.1. The van der Waals surface area contributed by atoms with Crippen molar-refractivity contribution in [2.24, 2.45) is 17.4 Å². The Balaban J connectivity index is 0. The van der Waals surface area contributed by atoms with E-state index in [0.29, 0.717) is 65.3 Å². The molecule has 0 aliphatic carbocycles. The molecule has 1 amide bonds. The second kappa shape index (κ2) is 37.3. The molecule has 2 unspecified atom stereocenters. The normalized spacial score (nSPS) is 11.3. The van der Waals surface area contributed by atoms with E-state index in [9.17, 15) is 27.2 Å². The average molecular weight is 780 g/mol. The Hall–Kier alpha value is -2.05. The standard InChI is InChI=1S/C21H30F4NO6P.C8H19NO3.C5H13NO/c1-3-13(2)4-7-31-12-26-14(27)5-8-29-10-11-30-9-6-15(28)32-20-18(24)16(22)17(23)19(25)21(20)33;1-2-10-5-6-12-8-7-11-4-3-9;1-2-4-7-5-3-6/h13H,3-12,33H2,1-2H3,(H,26,27);2-9H2,1H3;2-6H2,1H3. The number of nitrogens with one attached hydrogen (secondary N) is 1. The van der Waals surface area contributed by atoms with Crippen LogP contribution < -0.4 is 26.8 Å². The molecule has 0 aliphatic rings. The lowest BCUT2D eigenvalue weighted by Crippen LogP contribution is -2.27. The number of esters is 1. The molecule has 52 heavy (non-hydrogen) atoms. The third-order valence-electron chi connectivity index (χ3n) is 6.41. The predicted molar refractivity (Wildman–Crippen MR) is 193 cm³/mol. The van der Waals surface area contributed by atoms with Gasteiger partial charge in [-0.15, -0.1) is 0 Å². The van der Waals surface area contributed by atoms with Gasteiger partial charge in [0.05, 0.1) is 84.2 Å². The second-order valence-electron chi connectivity index (χ2n) is 10.8. The maximum Gasteiger partial charge on any atom is 0.313 e. The molecule has 0 aliphatic heterocycles. The summed E-state index contributed by atoms with van der Waals surface area (Å²) in [5.74, 6) is -9.23. The number of benzene rings is 1. The summed E-state index contributed by atoms with van der Waals surface area (Å²) in [6.45, 7) is 16.0. The molecule has 0 fully saturated rings. The van der Waals surface area contributed by atoms with Gasteiger partial charge < -0.3 is 54.7 Å². The fourth-order valence-electron chi connectivity index (χ4n) is 3.31. The van der Waals surface area contributed by atoms with Crippen LogP contribution in [0.25, 0.3) is 0 Å². The lowest BCUT2D eigenvalue weighted by atomic mass is 10.1. The summed E-state index contributed by atoms with van der Waals surface area (Å²) in [5.41, 5.74) is 10.4. The smallest absolute Gasteiger partial charge is 0.313 e. The van der Waals surface area contributed by atoms with Gasteiger partial charge in [0.1, 0.15) is 6.73 Å². The zero-order valence-electron chi connectivity index (χ0n) is 31.3. The molecule has 18 heteroatoms. The SMILES string of the molecule is CCC(C)CCOCNC(=O)CCOCCOCCC(=O)Oc1c(F)c(F)c(F)c(F)c1P.CCCOCCN.CCOCCOCCOCCN. The summed E-state index contributed by atoms with van der Waals surface area (Å²) >= 11 is 0. The van der Waals surface area contributed by atoms with Crippen molar-refractivity contribution in [3.05, 3.63) is 23.3 Å². The van der Waals surface area contributed by atoms with Crippen LogP contribution in [0.1, 0.15) is 59.8 Å². The highest BCUT2D eigenvalue weighted by atomic mass is 31.0. The highest BCUT2D eigenvalue weighted by molar-refractivity contribution is 7.27. The summed E-state index contributed by atoms with van der Waals surface area (Å²) in [4.78, 5) is 23.3. The minimum Gasteiger partial charge on any atom is -0.422 e. The van der Waals surface area contributed by atoms with E-state index in [-0.39, 0.29) is 51.9 Å². The van der Waals surface area contributed by atoms with Crippen molar-refractivity contribution in [3.8, 4) is 5.75 Å². The Morgan fingerprint density at radius 1 is 0.654 bits per heavy atom. The van der Waals surface area contributed by atoms with Crippen molar-refractivity contribution in [1.82, 2.24) is 5.32 Å². The number of hydrogen-bond acceptors (Lipinski definition) is 12. The van der Waals surface area contributed by atoms with Gasteiger partial charge in [0.15, 0.2) is 17.4 Å². The highest BCUT2D eigenvalue weighted by Gasteiger charge is 2.26. The van der Waals surface area contributed by atoms with Gasteiger partial charge in [0, 0.05) is 32.9 Å². The van der Waals surface area contributed by atoms with Gasteiger partial charge in [0.2, 0.25) is 17.5 Å². The molecule has 5 N–H and O–H groups in total. The molecule has 1 aromatic carbocycles. The van der Waals surface area contributed by atoms with Crippen LogP contribution in [0.4, 0.5) is 17.6 Å². The van der Waals surface area contributed by atoms with E-state index in [4.69, 9.17) is 44.6 Å². The molecule has 0 spiro atoms. The van der Waals surface area contributed by atoms with Gasteiger partial charge >= 0.3 is 5.97 Å². The molecular formula is C34H62F4N3O10P. The van der Waals surface area contributed by atoms with Gasteiger partial charge in [-0.1, -0.05) is 36.4 Å². The summed E-state index contributed by atoms with van der Waals surface area (Å²) in [6, 6.07) is 0. The summed E-state index contributed by atoms with van der Waals surface area (Å²) in [7, 11) is 1.65. The van der Waals surface area contributed by atoms with Crippen LogP contribution in [0.2, 0.25) is 0 Å². The number of ether oxygens (including phenoxy) is 8. The van der Waals surface area contributed by atoms with Crippen LogP contribution >= 0.6 is 9.24 Å². The van der Waals surface area contributed by atoms with Crippen LogP contribution in [-0.4, -0.2) is 118 Å². The summed E-state index contributed by atoms with van der Waals surface area (Å²) < 4.78 is 94.1. The summed E-state index contributed by atoms with van der Waals surface area (Å²) in [6.07, 6.45) is 2.91. The first-order valence-electron chi connectivity index (χ1n) is 17.5. The van der Waals surface area contributed by atoms with E-state index >= 15 is 0 Å². The fourth-order valence-corrected chi connectivity index (χ4v) is 3.63. The van der Waals surface area contributed by atoms with Crippen LogP contribution in [0.15, 0.2) is 0 Å². The van der Waals surface area contributed by atoms with Crippen molar-refractivity contribution in [2.45, 2.75) is 59.8 Å². The molecule has 0 radical (unpaired) electrons. The van der Waals surface area contributed by atoms with Crippen LogP contribution in [0, 0.1) is 29.2 Å². The molecule has 0 bridgehead atoms. The number of carbonyl (C=O) groups is 2. The van der Waals surface area contributed by atoms with Crippen LogP contribution in [-0.2, 0) is 42.7 Å². The van der Waals surface area contributed by atoms with E-state index in [1.165, 1.54) is 0 Å². The molecule has 1 rings (SSSR count). The first kappa shape index (κ1) is 52.1. The lowest BCUT2D eigenvalue weighted by Gasteiger charge is -2.11. The number of hydrogen-bond donors (Lipinski definition) is 3. The van der Waals surface area contributed by atoms with Crippen molar-refractivity contribution in [1.29, 1.82) is 0 Å². The molecule has 0 saturated heterocycles. The zero-order valence-corrected chi connectivity index (χ0v) is 32.4. The van der Waals surface area contributed by atoms with Gasteiger partial charge in [-0.05, 0) is 25.7 Å². The van der Waals surface area contributed by atoms with Crippen LogP contribution in [0.3, 0.4) is 0 Å². The van der Waals surface area contributed by atoms with Gasteiger partial charge in [-0.3, -0.25) is 9.59 Å². The van der Waals surface area contributed by atoms with E-state index < -0.39 is 40.3 Å². The van der Waals surface area contributed by atoms with Crippen molar-refractivity contribution >= 4 is 26.4 Å². The Kier molecular flexibility index (Phi) is 37.3. The summed E-state index contributed by atoms with van der Waals surface area (Å²) in [5, 5.41) is 1.88. The third kappa shape index (κ3) is 29.4. The minimum absolute atomic E-state index is 0.108. The second-order valence-corrected chi connectivity index (χ2v) is 11.3. The van der Waals surface area contributed by atoms with Crippen molar-refractivity contribution < 1.29 is 65.0 Å². The van der Waals surface area contributed by atoms with Gasteiger partial charge in [-0.25, -0.2) is 13.2 Å². The van der Waals surface area contributed by atoms with E-state index in [1.807, 2.05) is 6.92 Å². The third-order valence-corrected chi connectivity index (χ3v) is 6.93. The number of amides is 1. The van der Waals surface area contributed by atoms with E-state index in [0.717, 1.165) is 32.5 Å². The Morgan fingerprint density at radius 3 is 1.69 bits per heavy atom. The monoisotopic (exact) mass is 779 g/mol. The Morgan fingerprint density at radius 2 is 1.15 bits per heavy atom. The van der Waals surface area contributed by atoms with Crippen molar-refractivity contribution in [2.75, 3.05) is 106 Å². The molecular weight excluding hydrogens is 717 g/mol. The number of carbonyl (C=O) groups excluding carboxylic acids is 2. The zero-order chi connectivity index (χ0) is 39.4. The minimum atomic E-state index is -2.07. The molecule has 0 saturated carbocycles. The number of halogens is 4. The fraction of sp³-hybridized carbons (Fsp3) is 0.765. The Bertz CT molecular complexity index is 995. The Labute approximate surface area is 308 Å². The van der Waals surface area contributed by atoms with Crippen LogP contribution in [0.5, 0.6) is 5.75 Å². The molecule has 0 aromatic heterocycles. The molecule has 13 nitrogen and oxygen atoms in total. The molecule has 1 aromatic rings. The molecule has 0 heterocycles. The molecule has 2 atom stereocenters. The number of rotatable bonds is 29. The lowest BCUT2D eigenvalue weighted by molar-refractivity contribution is -0.136. The predicted octanol–water partition coefficient (Wildman–Crippen LogP) is 3.38. The average Bonchev–Trinajstić information content (AvgIpc) is 3.14. The molecule has 306 valence electrons. The maximum absolute atomic E-state index is 13.7. The largest absolute Gasteiger partial charge is 0.422 e. The van der Waals surface area contributed by atoms with Gasteiger partial charge in [0.25, 0.3) is 0 Å². The first-order chi connectivity index (χ1) is 25.0. The van der Waals surface area contributed by atoms with E-state index in [1.54, 1.807) is 9.24 Å².